The van der Waals surface area contributed by atoms with Crippen LogP contribution in [0.2, 0.25) is 0 Å². The van der Waals surface area contributed by atoms with Crippen LogP contribution in [0.25, 0.3) is 0 Å². The Hall–Kier alpha value is -1.97. The molecule has 4 nitrogen and oxygen atoms in total. The molecule has 108 valence electrons. The predicted molar refractivity (Wildman–Crippen MR) is 78.2 cm³/mol. The molecule has 0 saturated carbocycles. The number of benzene rings is 1. The second kappa shape index (κ2) is 6.46. The van der Waals surface area contributed by atoms with E-state index in [0.29, 0.717) is 19.0 Å². The van der Waals surface area contributed by atoms with Crippen LogP contribution < -0.4 is 4.74 Å². The number of hydrogen-bond acceptors (Lipinski definition) is 3. The average molecular weight is 275 g/mol. The first-order valence-corrected chi connectivity index (χ1v) is 6.80. The standard InChI is InChI=1S/C16H21NO3/c1-4-8-17(16(18)20-3)9-7-13-10-12-5-6-14(19-2)11-15(12)13/h4-6,11,13H,1,7-10H2,2-3H3. The van der Waals surface area contributed by atoms with E-state index in [0.717, 1.165) is 18.6 Å². The Labute approximate surface area is 120 Å². The molecular formula is C16H21NO3. The fourth-order valence-electron chi connectivity index (χ4n) is 2.62. The van der Waals surface area contributed by atoms with Crippen LogP contribution in [-0.2, 0) is 11.2 Å². The van der Waals surface area contributed by atoms with Gasteiger partial charge in [-0.15, -0.1) is 6.58 Å². The molecule has 1 unspecified atom stereocenters. The van der Waals surface area contributed by atoms with Crippen molar-refractivity contribution in [2.24, 2.45) is 0 Å². The lowest BCUT2D eigenvalue weighted by Crippen LogP contribution is -2.33. The van der Waals surface area contributed by atoms with Crippen LogP contribution in [0.5, 0.6) is 5.75 Å². The number of ether oxygens (including phenoxy) is 2. The number of hydrogen-bond donors (Lipinski definition) is 0. The molecule has 2 rings (SSSR count). The smallest absolute Gasteiger partial charge is 0.409 e. The van der Waals surface area contributed by atoms with Gasteiger partial charge in [-0.1, -0.05) is 12.1 Å². The Morgan fingerprint density at radius 2 is 2.30 bits per heavy atom. The molecule has 1 aromatic rings. The van der Waals surface area contributed by atoms with Crippen LogP contribution in [0.15, 0.2) is 30.9 Å². The summed E-state index contributed by atoms with van der Waals surface area (Å²) < 4.78 is 10.0. The van der Waals surface area contributed by atoms with E-state index < -0.39 is 0 Å². The molecule has 0 aliphatic heterocycles. The van der Waals surface area contributed by atoms with Gasteiger partial charge in [0.1, 0.15) is 5.75 Å². The van der Waals surface area contributed by atoms with Gasteiger partial charge >= 0.3 is 6.09 Å². The second-order valence-corrected chi connectivity index (χ2v) is 4.96. The zero-order chi connectivity index (χ0) is 14.5. The molecule has 1 aliphatic carbocycles. The van der Waals surface area contributed by atoms with Crippen molar-refractivity contribution in [2.75, 3.05) is 27.3 Å². The SMILES string of the molecule is C=CCN(CCC1Cc2ccc(OC)cc21)C(=O)OC. The maximum atomic E-state index is 11.6. The third-order valence-corrected chi connectivity index (χ3v) is 3.79. The summed E-state index contributed by atoms with van der Waals surface area (Å²) in [5, 5.41) is 0. The van der Waals surface area contributed by atoms with Gasteiger partial charge in [0.25, 0.3) is 0 Å². The molecule has 0 aromatic heterocycles. The van der Waals surface area contributed by atoms with Gasteiger partial charge in [-0.3, -0.25) is 0 Å². The van der Waals surface area contributed by atoms with Crippen molar-refractivity contribution in [3.63, 3.8) is 0 Å². The van der Waals surface area contributed by atoms with Crippen LogP contribution in [0, 0.1) is 0 Å². The van der Waals surface area contributed by atoms with Crippen molar-refractivity contribution in [3.05, 3.63) is 42.0 Å². The Balaban J connectivity index is 1.94. The van der Waals surface area contributed by atoms with Crippen LogP contribution in [0.1, 0.15) is 23.5 Å². The predicted octanol–water partition coefficient (Wildman–Crippen LogP) is 2.98. The molecule has 0 saturated heterocycles. The van der Waals surface area contributed by atoms with E-state index >= 15 is 0 Å². The molecule has 0 spiro atoms. The van der Waals surface area contributed by atoms with Gasteiger partial charge in [0.05, 0.1) is 14.2 Å². The first-order valence-electron chi connectivity index (χ1n) is 6.80. The fourth-order valence-corrected chi connectivity index (χ4v) is 2.62. The van der Waals surface area contributed by atoms with E-state index in [1.807, 2.05) is 6.07 Å². The molecule has 1 amide bonds. The Bertz CT molecular complexity index is 498. The number of methoxy groups -OCH3 is 2. The lowest BCUT2D eigenvalue weighted by molar-refractivity contribution is 0.126. The highest BCUT2D eigenvalue weighted by molar-refractivity contribution is 5.67. The molecule has 0 radical (unpaired) electrons. The highest BCUT2D eigenvalue weighted by atomic mass is 16.5. The Morgan fingerprint density at radius 1 is 1.50 bits per heavy atom. The van der Waals surface area contributed by atoms with E-state index in [1.165, 1.54) is 18.2 Å². The van der Waals surface area contributed by atoms with Gasteiger partial charge in [-0.2, -0.15) is 0 Å². The fraction of sp³-hybridized carbons (Fsp3) is 0.438. The minimum atomic E-state index is -0.296. The first-order chi connectivity index (χ1) is 9.69. The third-order valence-electron chi connectivity index (χ3n) is 3.79. The summed E-state index contributed by atoms with van der Waals surface area (Å²) in [4.78, 5) is 13.3. The molecule has 0 bridgehead atoms. The molecule has 0 heterocycles. The molecule has 1 atom stereocenters. The molecule has 1 aromatic carbocycles. The largest absolute Gasteiger partial charge is 0.497 e. The normalized spacial score (nSPS) is 15.8. The number of carbonyl (C=O) groups is 1. The highest BCUT2D eigenvalue weighted by Crippen LogP contribution is 2.39. The van der Waals surface area contributed by atoms with Crippen molar-refractivity contribution < 1.29 is 14.3 Å². The number of fused-ring (bicyclic) bond motifs is 1. The summed E-state index contributed by atoms with van der Waals surface area (Å²) in [5.74, 6) is 1.39. The number of amides is 1. The van der Waals surface area contributed by atoms with E-state index in [-0.39, 0.29) is 6.09 Å². The van der Waals surface area contributed by atoms with Crippen molar-refractivity contribution >= 4 is 6.09 Å². The zero-order valence-electron chi connectivity index (χ0n) is 12.1. The first kappa shape index (κ1) is 14.4. The molecule has 1 aliphatic rings. The minimum absolute atomic E-state index is 0.296. The molecule has 0 fully saturated rings. The summed E-state index contributed by atoms with van der Waals surface area (Å²) in [5.41, 5.74) is 2.72. The molecule has 4 heteroatoms. The number of nitrogens with zero attached hydrogens (tertiary/aromatic N) is 1. The van der Waals surface area contributed by atoms with Crippen molar-refractivity contribution in [2.45, 2.75) is 18.8 Å². The highest BCUT2D eigenvalue weighted by Gasteiger charge is 2.27. The van der Waals surface area contributed by atoms with Gasteiger partial charge < -0.3 is 14.4 Å². The van der Waals surface area contributed by atoms with E-state index in [1.54, 1.807) is 18.1 Å². The minimum Gasteiger partial charge on any atom is -0.497 e. The van der Waals surface area contributed by atoms with Crippen LogP contribution in [0.3, 0.4) is 0 Å². The monoisotopic (exact) mass is 275 g/mol. The molecular weight excluding hydrogens is 254 g/mol. The van der Waals surface area contributed by atoms with Gasteiger partial charge in [0.15, 0.2) is 0 Å². The van der Waals surface area contributed by atoms with Crippen LogP contribution in [0.4, 0.5) is 4.79 Å². The second-order valence-electron chi connectivity index (χ2n) is 4.96. The van der Waals surface area contributed by atoms with Crippen molar-refractivity contribution in [1.82, 2.24) is 4.90 Å². The van der Waals surface area contributed by atoms with Gasteiger partial charge in [0, 0.05) is 13.1 Å². The topological polar surface area (TPSA) is 38.8 Å². The summed E-state index contributed by atoms with van der Waals surface area (Å²) in [6.07, 6.45) is 3.43. The number of carbonyl (C=O) groups excluding carboxylic acids is 1. The summed E-state index contributed by atoms with van der Waals surface area (Å²) >= 11 is 0. The third kappa shape index (κ3) is 2.95. The lowest BCUT2D eigenvalue weighted by Gasteiger charge is -2.32. The summed E-state index contributed by atoms with van der Waals surface area (Å²) in [6, 6.07) is 6.21. The van der Waals surface area contributed by atoms with Gasteiger partial charge in [0.2, 0.25) is 0 Å². The van der Waals surface area contributed by atoms with Gasteiger partial charge in [-0.05, 0) is 42.0 Å². The summed E-state index contributed by atoms with van der Waals surface area (Å²) in [6.45, 7) is 4.87. The Kier molecular flexibility index (Phi) is 4.66. The average Bonchev–Trinajstić information content (AvgIpc) is 2.46. The van der Waals surface area contributed by atoms with E-state index in [2.05, 4.69) is 18.7 Å². The van der Waals surface area contributed by atoms with E-state index in [9.17, 15) is 4.79 Å². The van der Waals surface area contributed by atoms with Crippen molar-refractivity contribution in [3.8, 4) is 5.75 Å². The maximum absolute atomic E-state index is 11.6. The van der Waals surface area contributed by atoms with E-state index in [4.69, 9.17) is 9.47 Å². The molecule has 0 N–H and O–H groups in total. The van der Waals surface area contributed by atoms with Crippen LogP contribution in [-0.4, -0.2) is 38.3 Å². The quantitative estimate of drug-likeness (QED) is 0.749. The van der Waals surface area contributed by atoms with Gasteiger partial charge in [-0.25, -0.2) is 4.79 Å². The van der Waals surface area contributed by atoms with Crippen LogP contribution >= 0.6 is 0 Å². The summed E-state index contributed by atoms with van der Waals surface area (Å²) in [7, 11) is 3.08. The van der Waals surface area contributed by atoms with Crippen molar-refractivity contribution in [1.29, 1.82) is 0 Å². The lowest BCUT2D eigenvalue weighted by atomic mass is 9.75. The Morgan fingerprint density at radius 3 is 2.95 bits per heavy atom. The number of rotatable bonds is 6. The molecule has 20 heavy (non-hydrogen) atoms. The maximum Gasteiger partial charge on any atom is 0.409 e. The zero-order valence-corrected chi connectivity index (χ0v) is 12.1.